The highest BCUT2D eigenvalue weighted by Gasteiger charge is 2.42. The summed E-state index contributed by atoms with van der Waals surface area (Å²) in [4.78, 5) is 33.3. The fourth-order valence-electron chi connectivity index (χ4n) is 3.89. The summed E-state index contributed by atoms with van der Waals surface area (Å²) in [7, 11) is 0. The van der Waals surface area contributed by atoms with Gasteiger partial charge in [-0.15, -0.1) is 0 Å². The van der Waals surface area contributed by atoms with Gasteiger partial charge in [-0.2, -0.15) is 4.98 Å². The monoisotopic (exact) mass is 332 g/mol. The molecule has 4 rings (SSSR count). The Morgan fingerprint density at radius 1 is 1.04 bits per heavy atom. The maximum atomic E-state index is 12.9. The lowest BCUT2D eigenvalue weighted by molar-refractivity contribution is -0.145. The van der Waals surface area contributed by atoms with Crippen molar-refractivity contribution in [3.8, 4) is 0 Å². The van der Waals surface area contributed by atoms with Gasteiger partial charge in [-0.3, -0.25) is 9.59 Å². The molecule has 130 valence electrons. The summed E-state index contributed by atoms with van der Waals surface area (Å²) < 4.78 is 5.26. The van der Waals surface area contributed by atoms with Crippen molar-refractivity contribution >= 4 is 11.8 Å². The van der Waals surface area contributed by atoms with Crippen LogP contribution in [0.25, 0.3) is 0 Å². The molecule has 1 saturated carbocycles. The topological polar surface area (TPSA) is 79.5 Å². The predicted octanol–water partition coefficient (Wildman–Crippen LogP) is 1.49. The number of amides is 2. The maximum absolute atomic E-state index is 12.9. The van der Waals surface area contributed by atoms with Gasteiger partial charge in [-0.05, 0) is 45.4 Å². The molecule has 7 heteroatoms. The van der Waals surface area contributed by atoms with Gasteiger partial charge in [-0.1, -0.05) is 5.16 Å². The van der Waals surface area contributed by atoms with E-state index in [1.165, 1.54) is 0 Å². The third-order valence-corrected chi connectivity index (χ3v) is 5.45. The zero-order chi connectivity index (χ0) is 16.7. The summed E-state index contributed by atoms with van der Waals surface area (Å²) in [6.07, 6.45) is 5.41. The van der Waals surface area contributed by atoms with E-state index in [1.807, 2.05) is 16.7 Å². The summed E-state index contributed by atoms with van der Waals surface area (Å²) in [5.74, 6) is 2.09. The number of piperidine rings is 1. The highest BCUT2D eigenvalue weighted by Crippen LogP contribution is 2.34. The Morgan fingerprint density at radius 3 is 2.42 bits per heavy atom. The average molecular weight is 332 g/mol. The number of likely N-dealkylation sites (tertiary alicyclic amines) is 2. The summed E-state index contributed by atoms with van der Waals surface area (Å²) in [5.41, 5.74) is 0. The molecule has 0 N–H and O–H groups in total. The van der Waals surface area contributed by atoms with Crippen LogP contribution in [-0.4, -0.2) is 57.4 Å². The Labute approximate surface area is 141 Å². The van der Waals surface area contributed by atoms with Gasteiger partial charge in [0.1, 0.15) is 6.04 Å². The minimum atomic E-state index is -0.236. The number of rotatable bonds is 3. The SMILES string of the molecule is Cc1noc(C2CCN(C(=O)[C@@H]3CCCN3C(=O)C3CC3)CC2)n1. The predicted molar refractivity (Wildman–Crippen MR) is 85.0 cm³/mol. The molecule has 2 saturated heterocycles. The number of hydrogen-bond donors (Lipinski definition) is 0. The number of hydrogen-bond acceptors (Lipinski definition) is 5. The summed E-state index contributed by atoms with van der Waals surface area (Å²) in [6, 6.07) is -0.236. The molecule has 3 fully saturated rings. The van der Waals surface area contributed by atoms with Crippen LogP contribution in [0.2, 0.25) is 0 Å². The van der Waals surface area contributed by atoms with Gasteiger partial charge in [0.25, 0.3) is 0 Å². The molecule has 2 amide bonds. The molecule has 24 heavy (non-hydrogen) atoms. The van der Waals surface area contributed by atoms with Crippen molar-refractivity contribution in [1.82, 2.24) is 19.9 Å². The summed E-state index contributed by atoms with van der Waals surface area (Å²) in [6.45, 7) is 3.96. The summed E-state index contributed by atoms with van der Waals surface area (Å²) >= 11 is 0. The molecule has 0 unspecified atom stereocenters. The number of carbonyl (C=O) groups excluding carboxylic acids is 2. The van der Waals surface area contributed by atoms with Crippen molar-refractivity contribution in [3.63, 3.8) is 0 Å². The second-order valence-corrected chi connectivity index (χ2v) is 7.24. The van der Waals surface area contributed by atoms with Gasteiger partial charge < -0.3 is 14.3 Å². The highest BCUT2D eigenvalue weighted by atomic mass is 16.5. The Balaban J connectivity index is 1.36. The largest absolute Gasteiger partial charge is 0.341 e. The number of carbonyl (C=O) groups is 2. The van der Waals surface area contributed by atoms with Crippen molar-refractivity contribution in [2.45, 2.75) is 57.4 Å². The van der Waals surface area contributed by atoms with Crippen molar-refractivity contribution in [2.24, 2.45) is 5.92 Å². The van der Waals surface area contributed by atoms with Crippen LogP contribution < -0.4 is 0 Å². The number of aryl methyl sites for hydroxylation is 1. The molecule has 2 aliphatic heterocycles. The minimum absolute atomic E-state index is 0.127. The van der Waals surface area contributed by atoms with Gasteiger partial charge in [-0.25, -0.2) is 0 Å². The van der Waals surface area contributed by atoms with Gasteiger partial charge in [0, 0.05) is 31.5 Å². The number of nitrogens with zero attached hydrogens (tertiary/aromatic N) is 4. The number of aromatic nitrogens is 2. The van der Waals surface area contributed by atoms with E-state index in [0.29, 0.717) is 24.8 Å². The van der Waals surface area contributed by atoms with Gasteiger partial charge in [0.2, 0.25) is 17.7 Å². The molecule has 1 aromatic heterocycles. The van der Waals surface area contributed by atoms with Gasteiger partial charge in [0.15, 0.2) is 5.82 Å². The Kier molecular flexibility index (Phi) is 4.02. The normalized spacial score (nSPS) is 25.3. The third-order valence-electron chi connectivity index (χ3n) is 5.45. The summed E-state index contributed by atoms with van der Waals surface area (Å²) in [5, 5.41) is 3.85. The molecule has 3 aliphatic rings. The van der Waals surface area contributed by atoms with Crippen LogP contribution in [0.5, 0.6) is 0 Å². The second kappa shape index (κ2) is 6.18. The van der Waals surface area contributed by atoms with E-state index in [2.05, 4.69) is 10.1 Å². The fourth-order valence-corrected chi connectivity index (χ4v) is 3.89. The van der Waals surface area contributed by atoms with Gasteiger partial charge >= 0.3 is 0 Å². The van der Waals surface area contributed by atoms with Crippen LogP contribution in [0.1, 0.15) is 56.2 Å². The van der Waals surface area contributed by atoms with Gasteiger partial charge in [0.05, 0.1) is 0 Å². The standard InChI is InChI=1S/C17H24N4O3/c1-11-18-15(24-19-11)12-6-9-20(10-7-12)17(23)14-3-2-8-21(14)16(22)13-4-5-13/h12-14H,2-10H2,1H3/t14-/m0/s1. The zero-order valence-corrected chi connectivity index (χ0v) is 14.1. The Hall–Kier alpha value is -1.92. The lowest BCUT2D eigenvalue weighted by Crippen LogP contribution is -2.50. The first-order valence-corrected chi connectivity index (χ1v) is 9.03. The van der Waals surface area contributed by atoms with Crippen molar-refractivity contribution < 1.29 is 14.1 Å². The van der Waals surface area contributed by atoms with Crippen LogP contribution in [-0.2, 0) is 9.59 Å². The molecule has 0 bridgehead atoms. The van der Waals surface area contributed by atoms with E-state index in [0.717, 1.165) is 45.1 Å². The van der Waals surface area contributed by atoms with E-state index < -0.39 is 0 Å². The van der Waals surface area contributed by atoms with Crippen LogP contribution in [0.15, 0.2) is 4.52 Å². The molecule has 0 radical (unpaired) electrons. The minimum Gasteiger partial charge on any atom is -0.341 e. The zero-order valence-electron chi connectivity index (χ0n) is 14.1. The molecule has 0 spiro atoms. The van der Waals surface area contributed by atoms with Crippen LogP contribution in [0, 0.1) is 12.8 Å². The fraction of sp³-hybridized carbons (Fsp3) is 0.765. The van der Waals surface area contributed by atoms with Crippen molar-refractivity contribution in [2.75, 3.05) is 19.6 Å². The van der Waals surface area contributed by atoms with Crippen LogP contribution in [0.4, 0.5) is 0 Å². The van der Waals surface area contributed by atoms with Crippen molar-refractivity contribution in [3.05, 3.63) is 11.7 Å². The first-order chi connectivity index (χ1) is 11.6. The van der Waals surface area contributed by atoms with E-state index in [1.54, 1.807) is 0 Å². The molecule has 1 aliphatic carbocycles. The Morgan fingerprint density at radius 2 is 1.79 bits per heavy atom. The lowest BCUT2D eigenvalue weighted by atomic mass is 9.96. The molecule has 1 aromatic rings. The molecular weight excluding hydrogens is 308 g/mol. The maximum Gasteiger partial charge on any atom is 0.245 e. The average Bonchev–Trinajstić information content (AvgIpc) is 3.17. The lowest BCUT2D eigenvalue weighted by Gasteiger charge is -2.34. The van der Waals surface area contributed by atoms with Crippen LogP contribution in [0.3, 0.4) is 0 Å². The van der Waals surface area contributed by atoms with Crippen LogP contribution >= 0.6 is 0 Å². The smallest absolute Gasteiger partial charge is 0.245 e. The van der Waals surface area contributed by atoms with Crippen molar-refractivity contribution in [1.29, 1.82) is 0 Å². The molecule has 7 nitrogen and oxygen atoms in total. The highest BCUT2D eigenvalue weighted by molar-refractivity contribution is 5.90. The van der Waals surface area contributed by atoms with E-state index >= 15 is 0 Å². The molecule has 3 heterocycles. The molecule has 1 atom stereocenters. The quantitative estimate of drug-likeness (QED) is 0.838. The Bertz CT molecular complexity index is 632. The molecular formula is C17H24N4O3. The van der Waals surface area contributed by atoms with E-state index in [-0.39, 0.29) is 29.7 Å². The second-order valence-electron chi connectivity index (χ2n) is 7.24. The first-order valence-electron chi connectivity index (χ1n) is 9.03. The molecule has 0 aromatic carbocycles. The van der Waals surface area contributed by atoms with E-state index in [9.17, 15) is 9.59 Å². The third kappa shape index (κ3) is 2.91. The first kappa shape index (κ1) is 15.6. The van der Waals surface area contributed by atoms with E-state index in [4.69, 9.17) is 4.52 Å².